The Morgan fingerprint density at radius 3 is 2.08 bits per heavy atom. The summed E-state index contributed by atoms with van der Waals surface area (Å²) in [4.78, 5) is 38.1. The zero-order valence-electron chi connectivity index (χ0n) is 25.1. The lowest BCUT2D eigenvalue weighted by Gasteiger charge is -2.29. The highest BCUT2D eigenvalue weighted by atomic mass is 16.6. The van der Waals surface area contributed by atoms with Gasteiger partial charge in [-0.05, 0) is 69.6 Å². The fourth-order valence-corrected chi connectivity index (χ4v) is 4.04. The molecule has 222 valence electrons. The first-order valence-electron chi connectivity index (χ1n) is 13.6. The van der Waals surface area contributed by atoms with Gasteiger partial charge in [0, 0.05) is 6.54 Å². The Hall–Kier alpha value is -3.01. The van der Waals surface area contributed by atoms with Crippen LogP contribution in [0.5, 0.6) is 11.5 Å². The Morgan fingerprint density at radius 2 is 1.54 bits per heavy atom. The van der Waals surface area contributed by atoms with Gasteiger partial charge < -0.3 is 35.3 Å². The molecule has 0 fully saturated rings. The Balaban J connectivity index is 2.77. The van der Waals surface area contributed by atoms with E-state index in [4.69, 9.17) is 14.2 Å². The van der Waals surface area contributed by atoms with Crippen molar-refractivity contribution in [3.63, 3.8) is 0 Å². The van der Waals surface area contributed by atoms with Crippen LogP contribution >= 0.6 is 0 Å². The summed E-state index contributed by atoms with van der Waals surface area (Å²) < 4.78 is 15.9. The summed E-state index contributed by atoms with van der Waals surface area (Å²) in [5.74, 6) is 0.773. The number of carbonyl (C=O) groups is 3. The largest absolute Gasteiger partial charge is 0.493 e. The third kappa shape index (κ3) is 13.6. The van der Waals surface area contributed by atoms with E-state index in [1.807, 2.05) is 45.9 Å². The third-order valence-corrected chi connectivity index (χ3v) is 5.81. The molecule has 3 amide bonds. The van der Waals surface area contributed by atoms with Crippen molar-refractivity contribution in [3.05, 3.63) is 23.8 Å². The van der Waals surface area contributed by atoms with E-state index in [0.717, 1.165) is 5.56 Å². The number of aliphatic hydroxyl groups is 1. The van der Waals surface area contributed by atoms with Gasteiger partial charge in [-0.15, -0.1) is 0 Å². The fraction of sp³-hybridized carbons (Fsp3) is 0.690. The summed E-state index contributed by atoms with van der Waals surface area (Å²) in [7, 11) is 3.13. The maximum absolute atomic E-state index is 13.2. The fourth-order valence-electron chi connectivity index (χ4n) is 4.04. The number of amides is 3. The number of carbonyl (C=O) groups excluding carboxylic acids is 3. The number of ether oxygens (including phenoxy) is 3. The van der Waals surface area contributed by atoms with E-state index >= 15 is 0 Å². The standard InChI is InChI=1S/C29H49N3O7/c1-18(2)14-21(31-27(35)22(15-19(3)4)32-28(36)39-29(5,6)7)23(33)17-26(34)30-13-12-20-10-11-24(37-8)25(16-20)38-9/h10-11,16,18-19,21-23,33H,12-15,17H2,1-9H3,(H,30,34)(H,31,35)(H,32,36)/t21-,22-,23-/m0/s1. The van der Waals surface area contributed by atoms with Crippen LogP contribution in [-0.2, 0) is 20.7 Å². The number of hydrogen-bond acceptors (Lipinski definition) is 7. The molecular formula is C29H49N3O7. The summed E-state index contributed by atoms with van der Waals surface area (Å²) in [6.07, 6.45) is -0.518. The number of nitrogens with one attached hydrogen (secondary N) is 3. The van der Waals surface area contributed by atoms with Crippen LogP contribution in [0, 0.1) is 11.8 Å². The molecule has 0 heterocycles. The van der Waals surface area contributed by atoms with Crippen LogP contribution in [0.3, 0.4) is 0 Å². The van der Waals surface area contributed by atoms with Gasteiger partial charge in [-0.25, -0.2) is 4.79 Å². The molecule has 0 saturated carbocycles. The molecule has 0 aromatic heterocycles. The van der Waals surface area contributed by atoms with Crippen molar-refractivity contribution in [1.82, 2.24) is 16.0 Å². The Morgan fingerprint density at radius 1 is 0.923 bits per heavy atom. The van der Waals surface area contributed by atoms with E-state index in [0.29, 0.717) is 37.3 Å². The van der Waals surface area contributed by atoms with Gasteiger partial charge in [-0.1, -0.05) is 33.8 Å². The predicted molar refractivity (Wildman–Crippen MR) is 151 cm³/mol. The Labute approximate surface area is 233 Å². The average molecular weight is 552 g/mol. The smallest absolute Gasteiger partial charge is 0.408 e. The summed E-state index contributed by atoms with van der Waals surface area (Å²) in [6.45, 7) is 13.5. The van der Waals surface area contributed by atoms with Crippen LogP contribution in [-0.4, -0.2) is 67.6 Å². The van der Waals surface area contributed by atoms with Gasteiger partial charge in [0.15, 0.2) is 11.5 Å². The van der Waals surface area contributed by atoms with E-state index < -0.39 is 35.8 Å². The molecule has 1 aromatic carbocycles. The van der Waals surface area contributed by atoms with Crippen LogP contribution in [0.25, 0.3) is 0 Å². The first-order valence-corrected chi connectivity index (χ1v) is 13.6. The number of aliphatic hydroxyl groups excluding tert-OH is 1. The highest BCUT2D eigenvalue weighted by molar-refractivity contribution is 5.86. The summed E-state index contributed by atoms with van der Waals surface area (Å²) in [5, 5.41) is 19.2. The van der Waals surface area contributed by atoms with E-state index in [9.17, 15) is 19.5 Å². The molecule has 0 unspecified atom stereocenters. The highest BCUT2D eigenvalue weighted by Crippen LogP contribution is 2.27. The van der Waals surface area contributed by atoms with Gasteiger partial charge in [0.05, 0.1) is 32.8 Å². The maximum atomic E-state index is 13.2. The molecule has 0 aliphatic heterocycles. The molecule has 39 heavy (non-hydrogen) atoms. The minimum absolute atomic E-state index is 0.126. The molecule has 0 aliphatic carbocycles. The molecule has 3 atom stereocenters. The number of hydrogen-bond donors (Lipinski definition) is 4. The summed E-state index contributed by atoms with van der Waals surface area (Å²) >= 11 is 0. The normalized spacial score (nSPS) is 13.8. The summed E-state index contributed by atoms with van der Waals surface area (Å²) in [6, 6.07) is 4.06. The van der Waals surface area contributed by atoms with Gasteiger partial charge in [-0.2, -0.15) is 0 Å². The topological polar surface area (TPSA) is 135 Å². The van der Waals surface area contributed by atoms with Crippen molar-refractivity contribution in [3.8, 4) is 11.5 Å². The lowest BCUT2D eigenvalue weighted by atomic mass is 9.95. The first kappa shape index (κ1) is 34.0. The van der Waals surface area contributed by atoms with Crippen molar-refractivity contribution in [2.75, 3.05) is 20.8 Å². The molecule has 10 heteroatoms. The van der Waals surface area contributed by atoms with Crippen LogP contribution in [0.1, 0.15) is 73.3 Å². The van der Waals surface area contributed by atoms with Crippen LogP contribution < -0.4 is 25.4 Å². The third-order valence-electron chi connectivity index (χ3n) is 5.81. The van der Waals surface area contributed by atoms with Gasteiger partial charge >= 0.3 is 6.09 Å². The van der Waals surface area contributed by atoms with E-state index in [-0.39, 0.29) is 24.2 Å². The molecular weight excluding hydrogens is 502 g/mol. The van der Waals surface area contributed by atoms with Crippen molar-refractivity contribution < 1.29 is 33.7 Å². The van der Waals surface area contributed by atoms with E-state index in [1.165, 1.54) is 0 Å². The molecule has 0 bridgehead atoms. The van der Waals surface area contributed by atoms with E-state index in [2.05, 4.69) is 16.0 Å². The monoisotopic (exact) mass is 551 g/mol. The number of benzene rings is 1. The number of alkyl carbamates (subject to hydrolysis) is 1. The number of methoxy groups -OCH3 is 2. The first-order chi connectivity index (χ1) is 18.1. The minimum atomic E-state index is -1.10. The van der Waals surface area contributed by atoms with Crippen molar-refractivity contribution in [2.45, 2.75) is 97.9 Å². The molecule has 0 aliphatic rings. The predicted octanol–water partition coefficient (Wildman–Crippen LogP) is 3.58. The molecule has 0 saturated heterocycles. The van der Waals surface area contributed by atoms with Gasteiger partial charge in [0.1, 0.15) is 11.6 Å². The molecule has 1 aromatic rings. The minimum Gasteiger partial charge on any atom is -0.493 e. The highest BCUT2D eigenvalue weighted by Gasteiger charge is 2.30. The zero-order valence-corrected chi connectivity index (χ0v) is 25.1. The second-order valence-corrected chi connectivity index (χ2v) is 11.6. The molecule has 0 radical (unpaired) electrons. The Kier molecular flexibility index (Phi) is 14.1. The van der Waals surface area contributed by atoms with Crippen LogP contribution in [0.15, 0.2) is 18.2 Å². The van der Waals surface area contributed by atoms with E-state index in [1.54, 1.807) is 35.0 Å². The second-order valence-electron chi connectivity index (χ2n) is 11.6. The summed E-state index contributed by atoms with van der Waals surface area (Å²) in [5.41, 5.74) is 0.263. The van der Waals surface area contributed by atoms with Gasteiger partial charge in [0.25, 0.3) is 0 Å². The molecule has 4 N–H and O–H groups in total. The van der Waals surface area contributed by atoms with Crippen LogP contribution in [0.4, 0.5) is 4.79 Å². The average Bonchev–Trinajstić information content (AvgIpc) is 2.81. The molecule has 1 rings (SSSR count). The van der Waals surface area contributed by atoms with Gasteiger partial charge in [0.2, 0.25) is 11.8 Å². The SMILES string of the molecule is COc1ccc(CCNC(=O)C[C@H](O)[C@H](CC(C)C)NC(=O)[C@H](CC(C)C)NC(=O)OC(C)(C)C)cc1OC. The quantitative estimate of drug-likeness (QED) is 0.262. The molecule has 0 spiro atoms. The Bertz CT molecular complexity index is 928. The van der Waals surface area contributed by atoms with Crippen molar-refractivity contribution in [1.29, 1.82) is 0 Å². The van der Waals surface area contributed by atoms with Crippen LogP contribution in [0.2, 0.25) is 0 Å². The van der Waals surface area contributed by atoms with Crippen molar-refractivity contribution in [2.24, 2.45) is 11.8 Å². The number of rotatable bonds is 15. The zero-order chi connectivity index (χ0) is 29.8. The lowest BCUT2D eigenvalue weighted by Crippen LogP contribution is -2.54. The van der Waals surface area contributed by atoms with Crippen molar-refractivity contribution >= 4 is 17.9 Å². The second kappa shape index (κ2) is 16.2. The lowest BCUT2D eigenvalue weighted by molar-refractivity contribution is -0.127. The molecule has 10 nitrogen and oxygen atoms in total. The maximum Gasteiger partial charge on any atom is 0.408 e. The van der Waals surface area contributed by atoms with Gasteiger partial charge in [-0.3, -0.25) is 9.59 Å².